The van der Waals surface area contributed by atoms with Crippen molar-refractivity contribution < 1.29 is 39.6 Å². The highest BCUT2D eigenvalue weighted by atomic mass is 16.4. The van der Waals surface area contributed by atoms with Gasteiger partial charge in [-0.1, -0.05) is 26.8 Å². The van der Waals surface area contributed by atoms with Crippen molar-refractivity contribution in [2.75, 3.05) is 0 Å². The molecular formula is C15H22O8. The van der Waals surface area contributed by atoms with Crippen molar-refractivity contribution in [3.8, 4) is 0 Å². The largest absolute Gasteiger partial charge is 0.481 e. The van der Waals surface area contributed by atoms with Gasteiger partial charge in [0.15, 0.2) is 0 Å². The molecule has 0 aromatic heterocycles. The van der Waals surface area contributed by atoms with Crippen molar-refractivity contribution in [3.63, 3.8) is 0 Å². The lowest BCUT2D eigenvalue weighted by Crippen LogP contribution is -2.42. The summed E-state index contributed by atoms with van der Waals surface area (Å²) in [6, 6.07) is 0. The zero-order valence-corrected chi connectivity index (χ0v) is 13.2. The standard InChI is InChI=1S/C15H22O8/c1-5-7(11(16)17)8(12(18)19)6-9(13(20)21)10(14(22)23)15(2,3)4/h5,7-10H,1,6H2,2-4H3,(H,16,17)(H,18,19)(H,20,21)(H,22,23). The number of hydrogen-bond donors (Lipinski definition) is 4. The molecule has 130 valence electrons. The molecule has 0 rings (SSSR count). The summed E-state index contributed by atoms with van der Waals surface area (Å²) in [5, 5.41) is 37.0. The maximum atomic E-state index is 11.5. The van der Waals surface area contributed by atoms with E-state index in [1.807, 2.05) is 0 Å². The molecule has 23 heavy (non-hydrogen) atoms. The van der Waals surface area contributed by atoms with E-state index in [1.165, 1.54) is 20.8 Å². The molecule has 0 heterocycles. The SMILES string of the molecule is C=CC(C(=O)O)C(CC(C(=O)O)C(C(=O)O)C(C)(C)C)C(=O)O. The maximum Gasteiger partial charge on any atom is 0.311 e. The third-order valence-corrected chi connectivity index (χ3v) is 3.72. The number of hydrogen-bond acceptors (Lipinski definition) is 4. The molecular weight excluding hydrogens is 308 g/mol. The molecule has 0 aromatic rings. The third kappa shape index (κ3) is 5.39. The van der Waals surface area contributed by atoms with Crippen LogP contribution in [0.15, 0.2) is 12.7 Å². The Morgan fingerprint density at radius 3 is 1.52 bits per heavy atom. The second-order valence-electron chi connectivity index (χ2n) is 6.41. The van der Waals surface area contributed by atoms with E-state index in [1.54, 1.807) is 0 Å². The Bertz CT molecular complexity index is 502. The molecule has 4 atom stereocenters. The molecule has 0 saturated carbocycles. The zero-order chi connectivity index (χ0) is 18.5. The lowest BCUT2D eigenvalue weighted by molar-refractivity contribution is -0.162. The van der Waals surface area contributed by atoms with Crippen LogP contribution in [0.25, 0.3) is 0 Å². The first kappa shape index (κ1) is 20.6. The average Bonchev–Trinajstić information content (AvgIpc) is 2.33. The van der Waals surface area contributed by atoms with Crippen molar-refractivity contribution in [1.82, 2.24) is 0 Å². The molecule has 0 radical (unpaired) electrons. The van der Waals surface area contributed by atoms with Gasteiger partial charge in [-0.2, -0.15) is 0 Å². The van der Waals surface area contributed by atoms with Crippen LogP contribution in [0.2, 0.25) is 0 Å². The fourth-order valence-corrected chi connectivity index (χ4v) is 2.64. The van der Waals surface area contributed by atoms with Crippen LogP contribution < -0.4 is 0 Å². The molecule has 0 saturated heterocycles. The lowest BCUT2D eigenvalue weighted by Gasteiger charge is -2.33. The van der Waals surface area contributed by atoms with E-state index < -0.39 is 59.4 Å². The van der Waals surface area contributed by atoms with Crippen LogP contribution in [0, 0.1) is 29.1 Å². The maximum absolute atomic E-state index is 11.5. The minimum Gasteiger partial charge on any atom is -0.481 e. The molecule has 8 nitrogen and oxygen atoms in total. The summed E-state index contributed by atoms with van der Waals surface area (Å²) in [5.41, 5.74) is -0.954. The molecule has 0 aromatic carbocycles. The summed E-state index contributed by atoms with van der Waals surface area (Å²) >= 11 is 0. The number of rotatable bonds is 9. The van der Waals surface area contributed by atoms with Crippen molar-refractivity contribution >= 4 is 23.9 Å². The van der Waals surface area contributed by atoms with Gasteiger partial charge < -0.3 is 20.4 Å². The van der Waals surface area contributed by atoms with Crippen molar-refractivity contribution in [2.45, 2.75) is 27.2 Å². The van der Waals surface area contributed by atoms with Gasteiger partial charge in [-0.15, -0.1) is 6.58 Å². The van der Waals surface area contributed by atoms with Crippen LogP contribution in [0.5, 0.6) is 0 Å². The summed E-state index contributed by atoms with van der Waals surface area (Å²) in [7, 11) is 0. The summed E-state index contributed by atoms with van der Waals surface area (Å²) in [4.78, 5) is 45.5. The van der Waals surface area contributed by atoms with Crippen molar-refractivity contribution in [3.05, 3.63) is 12.7 Å². The summed E-state index contributed by atoms with van der Waals surface area (Å²) in [6.07, 6.45) is 0.286. The van der Waals surface area contributed by atoms with E-state index >= 15 is 0 Å². The molecule has 0 aliphatic heterocycles. The number of carboxylic acid groups (broad SMARTS) is 4. The van der Waals surface area contributed by atoms with Gasteiger partial charge in [-0.05, 0) is 11.8 Å². The number of carboxylic acids is 4. The smallest absolute Gasteiger partial charge is 0.311 e. The second-order valence-corrected chi connectivity index (χ2v) is 6.41. The van der Waals surface area contributed by atoms with Crippen LogP contribution >= 0.6 is 0 Å². The molecule has 0 spiro atoms. The van der Waals surface area contributed by atoms with E-state index in [2.05, 4.69) is 6.58 Å². The predicted octanol–water partition coefficient (Wildman–Crippen LogP) is 1.41. The van der Waals surface area contributed by atoms with Crippen LogP contribution in [0.3, 0.4) is 0 Å². The molecule has 0 aliphatic carbocycles. The van der Waals surface area contributed by atoms with Crippen LogP contribution in [0.1, 0.15) is 27.2 Å². The Morgan fingerprint density at radius 2 is 1.30 bits per heavy atom. The highest BCUT2D eigenvalue weighted by Crippen LogP contribution is 2.37. The van der Waals surface area contributed by atoms with Crippen LogP contribution in [-0.4, -0.2) is 44.3 Å². The van der Waals surface area contributed by atoms with Gasteiger partial charge in [-0.3, -0.25) is 19.2 Å². The van der Waals surface area contributed by atoms with E-state index in [4.69, 9.17) is 5.11 Å². The molecule has 0 fully saturated rings. The normalized spacial score (nSPS) is 16.7. The Balaban J connectivity index is 5.82. The molecule has 0 aliphatic rings. The Kier molecular flexibility index (Phi) is 6.95. The summed E-state index contributed by atoms with van der Waals surface area (Å²) in [5.74, 6) is -11.8. The first-order valence-electron chi connectivity index (χ1n) is 6.88. The molecule has 0 amide bonds. The highest BCUT2D eigenvalue weighted by molar-refractivity contribution is 5.84. The van der Waals surface area contributed by atoms with Gasteiger partial charge in [-0.25, -0.2) is 0 Å². The van der Waals surface area contributed by atoms with Gasteiger partial charge in [0.1, 0.15) is 0 Å². The second kappa shape index (κ2) is 7.75. The topological polar surface area (TPSA) is 149 Å². The molecule has 4 unspecified atom stereocenters. The summed E-state index contributed by atoms with van der Waals surface area (Å²) < 4.78 is 0. The molecule has 4 N–H and O–H groups in total. The third-order valence-electron chi connectivity index (χ3n) is 3.72. The monoisotopic (exact) mass is 330 g/mol. The zero-order valence-electron chi connectivity index (χ0n) is 13.2. The molecule has 8 heteroatoms. The van der Waals surface area contributed by atoms with Crippen LogP contribution in [-0.2, 0) is 19.2 Å². The average molecular weight is 330 g/mol. The van der Waals surface area contributed by atoms with Crippen molar-refractivity contribution in [1.29, 1.82) is 0 Å². The van der Waals surface area contributed by atoms with Crippen molar-refractivity contribution in [2.24, 2.45) is 29.1 Å². The number of aliphatic carboxylic acids is 4. The Morgan fingerprint density at radius 1 is 0.870 bits per heavy atom. The van der Waals surface area contributed by atoms with Crippen LogP contribution in [0.4, 0.5) is 0 Å². The van der Waals surface area contributed by atoms with E-state index in [9.17, 15) is 34.5 Å². The lowest BCUT2D eigenvalue weighted by atomic mass is 9.69. The first-order chi connectivity index (χ1) is 10.3. The Labute approximate surface area is 133 Å². The van der Waals surface area contributed by atoms with E-state index in [0.717, 1.165) is 6.08 Å². The van der Waals surface area contributed by atoms with Gasteiger partial charge in [0, 0.05) is 0 Å². The minimum atomic E-state index is -1.59. The van der Waals surface area contributed by atoms with Gasteiger partial charge in [0.2, 0.25) is 0 Å². The fourth-order valence-electron chi connectivity index (χ4n) is 2.64. The minimum absolute atomic E-state index is 0.623. The number of carbonyl (C=O) groups is 4. The summed E-state index contributed by atoms with van der Waals surface area (Å²) in [6.45, 7) is 7.84. The first-order valence-corrected chi connectivity index (χ1v) is 6.88. The fraction of sp³-hybridized carbons (Fsp3) is 0.600. The Hall–Kier alpha value is -2.38. The van der Waals surface area contributed by atoms with Gasteiger partial charge in [0.05, 0.1) is 23.7 Å². The quantitative estimate of drug-likeness (QED) is 0.463. The van der Waals surface area contributed by atoms with E-state index in [0.29, 0.717) is 0 Å². The van der Waals surface area contributed by atoms with Gasteiger partial charge >= 0.3 is 23.9 Å². The molecule has 0 bridgehead atoms. The van der Waals surface area contributed by atoms with Gasteiger partial charge in [0.25, 0.3) is 0 Å². The predicted molar refractivity (Wildman–Crippen MR) is 78.8 cm³/mol. The highest BCUT2D eigenvalue weighted by Gasteiger charge is 2.45. The van der Waals surface area contributed by atoms with E-state index in [-0.39, 0.29) is 0 Å².